The maximum Gasteiger partial charge on any atom is 0.125 e. The van der Waals surface area contributed by atoms with Gasteiger partial charge in [0.25, 0.3) is 0 Å². The first-order chi connectivity index (χ1) is 6.56. The summed E-state index contributed by atoms with van der Waals surface area (Å²) in [6.45, 7) is 1.86. The highest BCUT2D eigenvalue weighted by atomic mass is 32.1. The fraction of sp³-hybridized carbons (Fsp3) is 0.444. The summed E-state index contributed by atoms with van der Waals surface area (Å²) in [6.07, 6.45) is -0.427. The molecule has 2 atom stereocenters. The van der Waals surface area contributed by atoms with Crippen LogP contribution in [-0.2, 0) is 0 Å². The Bertz CT molecular complexity index is 320. The van der Waals surface area contributed by atoms with Crippen LogP contribution < -0.4 is 5.73 Å². The molecule has 0 aliphatic heterocycles. The van der Waals surface area contributed by atoms with Crippen molar-refractivity contribution >= 4 is 18.3 Å². The quantitative estimate of drug-likeness (QED) is 0.546. The third kappa shape index (κ3) is 2.37. The number of thiol groups is 1. The highest BCUT2D eigenvalue weighted by Gasteiger charge is 2.20. The van der Waals surface area contributed by atoms with Gasteiger partial charge >= 0.3 is 0 Å². The summed E-state index contributed by atoms with van der Waals surface area (Å²) in [5.41, 5.74) is 7.26. The van der Waals surface area contributed by atoms with E-state index in [0.29, 0.717) is 11.4 Å². The van der Waals surface area contributed by atoms with E-state index < -0.39 is 12.2 Å². The van der Waals surface area contributed by atoms with Crippen molar-refractivity contribution in [2.24, 2.45) is 0 Å². The molecule has 4 N–H and O–H groups in total. The molecule has 78 valence electrons. The van der Waals surface area contributed by atoms with E-state index in [4.69, 9.17) is 5.73 Å². The fourth-order valence-corrected chi connectivity index (χ4v) is 1.33. The smallest absolute Gasteiger partial charge is 0.125 e. The van der Waals surface area contributed by atoms with Crippen molar-refractivity contribution in [3.63, 3.8) is 0 Å². The van der Waals surface area contributed by atoms with E-state index in [1.807, 2.05) is 6.92 Å². The number of hydrogen-bond acceptors (Lipinski definition) is 5. The molecule has 0 aromatic carbocycles. The SMILES string of the molecule is Cc1cnc(C(O)C(O)CS)c(N)c1. The number of hydrogen-bond donors (Lipinski definition) is 4. The van der Waals surface area contributed by atoms with Gasteiger partial charge in [-0.2, -0.15) is 12.6 Å². The van der Waals surface area contributed by atoms with Gasteiger partial charge in [-0.05, 0) is 18.6 Å². The zero-order valence-corrected chi connectivity index (χ0v) is 8.78. The number of aliphatic hydroxyl groups excluding tert-OH is 2. The lowest BCUT2D eigenvalue weighted by Crippen LogP contribution is -2.21. The molecule has 1 aromatic heterocycles. The van der Waals surface area contributed by atoms with Crippen LogP contribution >= 0.6 is 12.6 Å². The van der Waals surface area contributed by atoms with Crippen LogP contribution in [0, 0.1) is 6.92 Å². The number of aliphatic hydroxyl groups is 2. The zero-order chi connectivity index (χ0) is 10.7. The number of nitrogen functional groups attached to an aromatic ring is 1. The van der Waals surface area contributed by atoms with E-state index >= 15 is 0 Å². The minimum Gasteiger partial charge on any atom is -0.397 e. The lowest BCUT2D eigenvalue weighted by Gasteiger charge is -2.16. The fourth-order valence-electron chi connectivity index (χ4n) is 1.13. The Labute approximate surface area is 88.2 Å². The largest absolute Gasteiger partial charge is 0.397 e. The summed E-state index contributed by atoms with van der Waals surface area (Å²) in [5.74, 6) is 0.163. The van der Waals surface area contributed by atoms with E-state index in [1.54, 1.807) is 12.3 Å². The summed E-state index contributed by atoms with van der Waals surface area (Å²) in [6, 6.07) is 1.71. The van der Waals surface area contributed by atoms with Crippen LogP contribution in [0.2, 0.25) is 0 Å². The predicted molar refractivity (Wildman–Crippen MR) is 58.2 cm³/mol. The van der Waals surface area contributed by atoms with Gasteiger partial charge in [-0.1, -0.05) is 0 Å². The molecule has 1 heterocycles. The summed E-state index contributed by atoms with van der Waals surface area (Å²) in [7, 11) is 0. The van der Waals surface area contributed by atoms with Crippen LogP contribution in [0.15, 0.2) is 12.3 Å². The van der Waals surface area contributed by atoms with Crippen molar-refractivity contribution < 1.29 is 10.2 Å². The van der Waals surface area contributed by atoms with E-state index in [2.05, 4.69) is 17.6 Å². The van der Waals surface area contributed by atoms with Crippen molar-refractivity contribution in [3.8, 4) is 0 Å². The molecular formula is C9H14N2O2S. The van der Waals surface area contributed by atoms with Crippen LogP contribution in [0.3, 0.4) is 0 Å². The Hall–Kier alpha value is -0.780. The Morgan fingerprint density at radius 2 is 2.21 bits per heavy atom. The van der Waals surface area contributed by atoms with Gasteiger partial charge in [0.2, 0.25) is 0 Å². The van der Waals surface area contributed by atoms with Crippen molar-refractivity contribution in [3.05, 3.63) is 23.5 Å². The van der Waals surface area contributed by atoms with Crippen LogP contribution in [-0.4, -0.2) is 27.1 Å². The van der Waals surface area contributed by atoms with Gasteiger partial charge in [-0.25, -0.2) is 0 Å². The number of nitrogens with two attached hydrogens (primary N) is 1. The lowest BCUT2D eigenvalue weighted by molar-refractivity contribution is 0.0315. The van der Waals surface area contributed by atoms with Crippen molar-refractivity contribution in [1.29, 1.82) is 0 Å². The minimum absolute atomic E-state index is 0.163. The zero-order valence-electron chi connectivity index (χ0n) is 7.88. The molecule has 0 saturated heterocycles. The van der Waals surface area contributed by atoms with Gasteiger partial charge in [-0.15, -0.1) is 0 Å². The molecule has 0 aliphatic rings. The number of pyridine rings is 1. The van der Waals surface area contributed by atoms with Gasteiger partial charge in [0.15, 0.2) is 0 Å². The molecule has 4 nitrogen and oxygen atoms in total. The highest BCUT2D eigenvalue weighted by Crippen LogP contribution is 2.21. The average Bonchev–Trinajstić information content (AvgIpc) is 2.15. The summed E-state index contributed by atoms with van der Waals surface area (Å²) in [5, 5.41) is 19.0. The minimum atomic E-state index is -1.08. The molecule has 2 unspecified atom stereocenters. The van der Waals surface area contributed by atoms with Crippen molar-refractivity contribution in [1.82, 2.24) is 4.98 Å². The Morgan fingerprint density at radius 3 is 2.71 bits per heavy atom. The normalized spacial score (nSPS) is 15.1. The van der Waals surface area contributed by atoms with Crippen LogP contribution in [0.4, 0.5) is 5.69 Å². The first-order valence-electron chi connectivity index (χ1n) is 4.25. The molecule has 1 aromatic rings. The number of rotatable bonds is 3. The van der Waals surface area contributed by atoms with Gasteiger partial charge in [0.1, 0.15) is 6.10 Å². The average molecular weight is 214 g/mol. The number of nitrogens with zero attached hydrogens (tertiary/aromatic N) is 1. The Kier molecular flexibility index (Phi) is 3.74. The highest BCUT2D eigenvalue weighted by molar-refractivity contribution is 7.80. The maximum absolute atomic E-state index is 9.62. The first kappa shape index (κ1) is 11.3. The standard InChI is InChI=1S/C9H14N2O2S/c1-5-2-6(10)8(11-3-5)9(13)7(12)4-14/h2-3,7,9,12-14H,4,10H2,1H3. The molecule has 1 rings (SSSR count). The predicted octanol–water partition coefficient (Wildman–Crippen LogP) is 0.296. The lowest BCUT2D eigenvalue weighted by atomic mass is 10.1. The van der Waals surface area contributed by atoms with Crippen molar-refractivity contribution in [2.75, 3.05) is 11.5 Å². The Morgan fingerprint density at radius 1 is 1.57 bits per heavy atom. The molecule has 0 saturated carbocycles. The van der Waals surface area contributed by atoms with E-state index in [9.17, 15) is 10.2 Å². The molecule has 0 aliphatic carbocycles. The third-order valence-corrected chi connectivity index (χ3v) is 2.29. The summed E-state index contributed by atoms with van der Waals surface area (Å²) < 4.78 is 0. The van der Waals surface area contributed by atoms with E-state index in [-0.39, 0.29) is 5.75 Å². The van der Waals surface area contributed by atoms with Crippen LogP contribution in [0.1, 0.15) is 17.4 Å². The molecule has 0 radical (unpaired) electrons. The second-order valence-corrected chi connectivity index (χ2v) is 3.55. The monoisotopic (exact) mass is 214 g/mol. The number of anilines is 1. The van der Waals surface area contributed by atoms with Crippen LogP contribution in [0.25, 0.3) is 0 Å². The van der Waals surface area contributed by atoms with Gasteiger partial charge in [0, 0.05) is 11.9 Å². The van der Waals surface area contributed by atoms with Crippen molar-refractivity contribution in [2.45, 2.75) is 19.1 Å². The molecule has 0 amide bonds. The molecule has 14 heavy (non-hydrogen) atoms. The second kappa shape index (κ2) is 4.63. The first-order valence-corrected chi connectivity index (χ1v) is 4.88. The summed E-state index contributed by atoms with van der Waals surface area (Å²) >= 11 is 3.88. The number of aryl methyl sites for hydroxylation is 1. The maximum atomic E-state index is 9.62. The molecular weight excluding hydrogens is 200 g/mol. The van der Waals surface area contributed by atoms with Crippen LogP contribution in [0.5, 0.6) is 0 Å². The van der Waals surface area contributed by atoms with Gasteiger partial charge in [0.05, 0.1) is 17.5 Å². The van der Waals surface area contributed by atoms with E-state index in [1.165, 1.54) is 0 Å². The second-order valence-electron chi connectivity index (χ2n) is 3.18. The molecule has 5 heteroatoms. The summed E-state index contributed by atoms with van der Waals surface area (Å²) in [4.78, 5) is 3.98. The van der Waals surface area contributed by atoms with Gasteiger partial charge in [-0.3, -0.25) is 4.98 Å². The molecule has 0 spiro atoms. The van der Waals surface area contributed by atoms with E-state index in [0.717, 1.165) is 5.56 Å². The molecule has 0 bridgehead atoms. The molecule has 0 fully saturated rings. The third-order valence-electron chi connectivity index (χ3n) is 1.92. The number of aromatic nitrogens is 1. The topological polar surface area (TPSA) is 79.4 Å². The Balaban J connectivity index is 2.95. The van der Waals surface area contributed by atoms with Gasteiger partial charge < -0.3 is 15.9 Å².